The molecule has 2 atom stereocenters. The number of ketones is 1. The number of carbonyl (C=O) groups excluding carboxylic acids is 2. The maximum atomic E-state index is 12.7. The first-order valence-corrected chi connectivity index (χ1v) is 9.45. The number of fused-ring (bicyclic) bond motifs is 2. The van der Waals surface area contributed by atoms with E-state index >= 15 is 0 Å². The molecule has 0 aromatic heterocycles. The minimum Gasteiger partial charge on any atom is -0.444 e. The van der Waals surface area contributed by atoms with Crippen LogP contribution < -0.4 is 0 Å². The molecule has 1 aliphatic carbocycles. The van der Waals surface area contributed by atoms with Gasteiger partial charge in [0.05, 0.1) is 25.3 Å². The van der Waals surface area contributed by atoms with Crippen LogP contribution in [0, 0.1) is 11.8 Å². The van der Waals surface area contributed by atoms with E-state index in [1.807, 2.05) is 25.7 Å². The van der Waals surface area contributed by atoms with E-state index in [-0.39, 0.29) is 24.1 Å². The van der Waals surface area contributed by atoms with Gasteiger partial charge in [0.1, 0.15) is 11.4 Å². The Bertz CT molecular complexity index is 464. The highest BCUT2D eigenvalue weighted by molar-refractivity contribution is 5.82. The number of nitrogens with zero attached hydrogens (tertiary/aromatic N) is 1. The third kappa shape index (κ3) is 4.11. The van der Waals surface area contributed by atoms with E-state index in [2.05, 4.69) is 0 Å². The van der Waals surface area contributed by atoms with Crippen LogP contribution in [-0.2, 0) is 14.3 Å². The van der Waals surface area contributed by atoms with Crippen molar-refractivity contribution < 1.29 is 19.1 Å². The predicted molar refractivity (Wildman–Crippen MR) is 90.8 cm³/mol. The van der Waals surface area contributed by atoms with Gasteiger partial charge in [0, 0.05) is 12.3 Å². The van der Waals surface area contributed by atoms with Crippen LogP contribution in [0.4, 0.5) is 4.79 Å². The van der Waals surface area contributed by atoms with Gasteiger partial charge in [-0.1, -0.05) is 25.7 Å². The second kappa shape index (κ2) is 7.03. The smallest absolute Gasteiger partial charge is 0.410 e. The largest absolute Gasteiger partial charge is 0.444 e. The van der Waals surface area contributed by atoms with E-state index in [0.717, 1.165) is 19.3 Å². The Morgan fingerprint density at radius 1 is 1.08 bits per heavy atom. The minimum absolute atomic E-state index is 0.0233. The van der Waals surface area contributed by atoms with Crippen LogP contribution in [0.15, 0.2) is 0 Å². The third-order valence-corrected chi connectivity index (χ3v) is 5.54. The molecule has 2 saturated heterocycles. The van der Waals surface area contributed by atoms with Gasteiger partial charge in [-0.25, -0.2) is 4.79 Å². The predicted octanol–water partition coefficient (Wildman–Crippen LogP) is 3.55. The highest BCUT2D eigenvalue weighted by Gasteiger charge is 2.45. The average Bonchev–Trinajstić information content (AvgIpc) is 2.96. The second-order valence-electron chi connectivity index (χ2n) is 8.72. The number of hydrogen-bond acceptors (Lipinski definition) is 4. The number of hydrogen-bond donors (Lipinski definition) is 0. The lowest BCUT2D eigenvalue weighted by atomic mass is 9.80. The number of rotatable bonds is 3. The molecule has 136 valence electrons. The first-order chi connectivity index (χ1) is 11.3. The zero-order valence-electron chi connectivity index (χ0n) is 15.3. The summed E-state index contributed by atoms with van der Waals surface area (Å²) in [5, 5.41) is 0. The second-order valence-corrected chi connectivity index (χ2v) is 8.72. The van der Waals surface area contributed by atoms with Crippen LogP contribution in [0.3, 0.4) is 0 Å². The SMILES string of the molecule is CC(C)(C)OC(=O)N1C2COCC1CC(C(=O)CC1CCCC1)C2. The molecule has 5 heteroatoms. The van der Waals surface area contributed by atoms with Crippen LogP contribution in [0.1, 0.15) is 65.7 Å². The highest BCUT2D eigenvalue weighted by atomic mass is 16.6. The number of carbonyl (C=O) groups is 2. The first kappa shape index (κ1) is 17.7. The molecule has 24 heavy (non-hydrogen) atoms. The molecule has 1 saturated carbocycles. The van der Waals surface area contributed by atoms with Crippen molar-refractivity contribution in [1.29, 1.82) is 0 Å². The molecule has 2 aliphatic heterocycles. The van der Waals surface area contributed by atoms with Crippen LogP contribution >= 0.6 is 0 Å². The highest BCUT2D eigenvalue weighted by Crippen LogP contribution is 2.36. The molecular weight excluding hydrogens is 306 g/mol. The molecule has 0 aromatic carbocycles. The summed E-state index contributed by atoms with van der Waals surface area (Å²) >= 11 is 0. The Hall–Kier alpha value is -1.10. The quantitative estimate of drug-likeness (QED) is 0.790. The van der Waals surface area contributed by atoms with E-state index in [1.165, 1.54) is 25.7 Å². The molecule has 0 spiro atoms. The van der Waals surface area contributed by atoms with Gasteiger partial charge in [0.25, 0.3) is 0 Å². The van der Waals surface area contributed by atoms with Crippen molar-refractivity contribution in [2.24, 2.45) is 11.8 Å². The number of ether oxygens (including phenoxy) is 2. The fraction of sp³-hybridized carbons (Fsp3) is 0.895. The van der Waals surface area contributed by atoms with Crippen molar-refractivity contribution in [3.05, 3.63) is 0 Å². The number of morpholine rings is 1. The zero-order chi connectivity index (χ0) is 17.3. The third-order valence-electron chi connectivity index (χ3n) is 5.54. The molecule has 3 aliphatic rings. The summed E-state index contributed by atoms with van der Waals surface area (Å²) in [7, 11) is 0. The van der Waals surface area contributed by atoms with Crippen LogP contribution in [0.5, 0.6) is 0 Å². The first-order valence-electron chi connectivity index (χ1n) is 9.45. The van der Waals surface area contributed by atoms with Crippen molar-refractivity contribution in [1.82, 2.24) is 4.90 Å². The van der Waals surface area contributed by atoms with E-state index in [0.29, 0.717) is 24.9 Å². The zero-order valence-corrected chi connectivity index (χ0v) is 15.3. The van der Waals surface area contributed by atoms with E-state index < -0.39 is 5.60 Å². The Kier molecular flexibility index (Phi) is 5.19. The topological polar surface area (TPSA) is 55.8 Å². The summed E-state index contributed by atoms with van der Waals surface area (Å²) in [6.07, 6.45) is 6.88. The normalized spacial score (nSPS) is 31.1. The van der Waals surface area contributed by atoms with Gasteiger partial charge in [0.2, 0.25) is 0 Å². The monoisotopic (exact) mass is 337 g/mol. The lowest BCUT2D eigenvalue weighted by Crippen LogP contribution is -2.60. The average molecular weight is 337 g/mol. The van der Waals surface area contributed by atoms with E-state index in [1.54, 1.807) is 0 Å². The standard InChI is InChI=1S/C19H31NO4/c1-19(2,3)24-18(22)20-15-9-14(10-16(20)12-23-11-15)17(21)8-13-6-4-5-7-13/h13-16H,4-12H2,1-3H3. The number of piperidine rings is 1. The van der Waals surface area contributed by atoms with Crippen LogP contribution in [0.25, 0.3) is 0 Å². The van der Waals surface area contributed by atoms with Crippen molar-refractivity contribution in [3.63, 3.8) is 0 Å². The Labute approximate surface area is 145 Å². The summed E-state index contributed by atoms with van der Waals surface area (Å²) in [5.74, 6) is 1.09. The molecule has 3 rings (SSSR count). The Morgan fingerprint density at radius 2 is 1.67 bits per heavy atom. The van der Waals surface area contributed by atoms with Crippen molar-refractivity contribution in [3.8, 4) is 0 Å². The maximum absolute atomic E-state index is 12.7. The van der Waals surface area contributed by atoms with Crippen LogP contribution in [-0.4, -0.2) is 47.7 Å². The minimum atomic E-state index is -0.499. The Balaban J connectivity index is 1.62. The van der Waals surface area contributed by atoms with Crippen LogP contribution in [0.2, 0.25) is 0 Å². The van der Waals surface area contributed by atoms with Gasteiger partial charge < -0.3 is 9.47 Å². The van der Waals surface area contributed by atoms with E-state index in [4.69, 9.17) is 9.47 Å². The maximum Gasteiger partial charge on any atom is 0.410 e. The summed E-state index contributed by atoms with van der Waals surface area (Å²) in [4.78, 5) is 27.1. The van der Waals surface area contributed by atoms with Crippen molar-refractivity contribution in [2.75, 3.05) is 13.2 Å². The molecule has 0 radical (unpaired) electrons. The molecule has 2 heterocycles. The molecule has 2 bridgehead atoms. The van der Waals surface area contributed by atoms with E-state index in [9.17, 15) is 9.59 Å². The van der Waals surface area contributed by atoms with Gasteiger partial charge in [-0.05, 0) is 39.5 Å². The fourth-order valence-electron chi connectivity index (χ4n) is 4.46. The molecule has 5 nitrogen and oxygen atoms in total. The summed E-state index contributed by atoms with van der Waals surface area (Å²) < 4.78 is 11.2. The van der Waals surface area contributed by atoms with Gasteiger partial charge in [0.15, 0.2) is 0 Å². The Morgan fingerprint density at radius 3 is 2.21 bits per heavy atom. The van der Waals surface area contributed by atoms with Gasteiger partial charge >= 0.3 is 6.09 Å². The van der Waals surface area contributed by atoms with Crippen molar-refractivity contribution in [2.45, 2.75) is 83.4 Å². The molecule has 0 N–H and O–H groups in total. The number of amides is 1. The van der Waals surface area contributed by atoms with Gasteiger partial charge in [-0.3, -0.25) is 9.69 Å². The lowest BCUT2D eigenvalue weighted by molar-refractivity contribution is -0.133. The molecule has 1 amide bonds. The lowest BCUT2D eigenvalue weighted by Gasteiger charge is -2.48. The molecule has 2 unspecified atom stereocenters. The summed E-state index contributed by atoms with van der Waals surface area (Å²) in [6.45, 7) is 6.69. The molecule has 0 aromatic rings. The number of Topliss-reactive ketones (excluding diaryl/α,β-unsaturated/α-hetero) is 1. The summed E-state index contributed by atoms with van der Waals surface area (Å²) in [5.41, 5.74) is -0.499. The molecular formula is C19H31NO4. The fourth-order valence-corrected chi connectivity index (χ4v) is 4.46. The molecule has 3 fully saturated rings. The summed E-state index contributed by atoms with van der Waals surface area (Å²) in [6, 6.07) is -0.0465. The van der Waals surface area contributed by atoms with Gasteiger partial charge in [-0.2, -0.15) is 0 Å². The van der Waals surface area contributed by atoms with Gasteiger partial charge in [-0.15, -0.1) is 0 Å². The van der Waals surface area contributed by atoms with Crippen molar-refractivity contribution >= 4 is 11.9 Å².